The summed E-state index contributed by atoms with van der Waals surface area (Å²) in [7, 11) is 4.90. The Morgan fingerprint density at radius 3 is 2.27 bits per heavy atom. The molecule has 5 heterocycles. The summed E-state index contributed by atoms with van der Waals surface area (Å²) in [5.74, 6) is -2.73. The number of aliphatic hydroxyl groups excluding tert-OH is 1. The van der Waals surface area contributed by atoms with E-state index in [2.05, 4.69) is 20.6 Å². The van der Waals surface area contributed by atoms with Gasteiger partial charge in [0.1, 0.15) is 34.7 Å². The molecule has 19 heteroatoms. The predicted octanol–water partition coefficient (Wildman–Crippen LogP) is 2.43. The Labute approximate surface area is 379 Å². The van der Waals surface area contributed by atoms with Crippen molar-refractivity contribution >= 4 is 17.7 Å². The van der Waals surface area contributed by atoms with Gasteiger partial charge in [0.05, 0.1) is 61.5 Å². The van der Waals surface area contributed by atoms with Gasteiger partial charge in [-0.2, -0.15) is 4.99 Å². The van der Waals surface area contributed by atoms with Crippen LogP contribution in [0.15, 0.2) is 17.4 Å². The maximum Gasteiger partial charge on any atom is 0.316 e. The van der Waals surface area contributed by atoms with Crippen LogP contribution in [0.1, 0.15) is 102 Å². The SMILES string of the molecule is CCNC[C@]1(O)[C@H](C)O[C@@H](O[C@H]2[C@H](C)[C@@H](O[C@@H]3O[C@H](C)C[C@H]4[C@H]3OC(=Nc3cnc(OC)nc3)N4C)[C@](C)(O)C[C@@H](C)CN[C@H](C)[C@@H](O)[C@](C)(O)[C@@H](CC)OC(=O)[C@@H]2C)C[C@@]1(C)OC. The van der Waals surface area contributed by atoms with Gasteiger partial charge in [-0.25, -0.2) is 9.97 Å². The number of aliphatic hydroxyl groups is 4. The van der Waals surface area contributed by atoms with Gasteiger partial charge >= 0.3 is 12.0 Å². The Hall–Kier alpha value is -2.82. The maximum absolute atomic E-state index is 14.5. The second-order valence-electron chi connectivity index (χ2n) is 19.4. The highest BCUT2D eigenvalue weighted by atomic mass is 16.7. The average molecular weight is 911 g/mol. The van der Waals surface area contributed by atoms with Crippen LogP contribution in [-0.2, 0) is 38.0 Å². The minimum absolute atomic E-state index is 0.0796. The van der Waals surface area contributed by atoms with Crippen molar-refractivity contribution in [1.82, 2.24) is 25.5 Å². The number of cyclic esters (lactones) is 1. The third-order valence-electron chi connectivity index (χ3n) is 14.2. The molecule has 64 heavy (non-hydrogen) atoms. The maximum atomic E-state index is 14.5. The molecule has 4 fully saturated rings. The monoisotopic (exact) mass is 911 g/mol. The number of amidine groups is 1. The van der Waals surface area contributed by atoms with Gasteiger partial charge in [-0.05, 0) is 86.7 Å². The summed E-state index contributed by atoms with van der Waals surface area (Å²) in [6, 6.07) is -0.325. The van der Waals surface area contributed by atoms with E-state index in [4.69, 9.17) is 42.9 Å². The molecule has 4 aliphatic heterocycles. The normalized spacial score (nSPS) is 44.6. The Bertz CT molecular complexity index is 1710. The van der Waals surface area contributed by atoms with Crippen LogP contribution in [-0.4, -0.2) is 178 Å². The Balaban J connectivity index is 1.57. The fraction of sp³-hybridized carbons (Fsp3) is 0.867. The number of fused-ring (bicyclic) bond motifs is 1. The smallest absolute Gasteiger partial charge is 0.316 e. The van der Waals surface area contributed by atoms with E-state index in [9.17, 15) is 25.2 Å². The van der Waals surface area contributed by atoms with Crippen molar-refractivity contribution in [3.8, 4) is 6.01 Å². The molecule has 0 bridgehead atoms. The van der Waals surface area contributed by atoms with Crippen molar-refractivity contribution in [3.63, 3.8) is 0 Å². The van der Waals surface area contributed by atoms with Crippen LogP contribution in [0.3, 0.4) is 0 Å². The molecule has 4 saturated heterocycles. The number of carbonyl (C=O) groups is 1. The number of aliphatic imine (C=N–C) groups is 1. The first-order chi connectivity index (χ1) is 30.0. The molecule has 0 saturated carbocycles. The van der Waals surface area contributed by atoms with Crippen LogP contribution in [0.25, 0.3) is 0 Å². The number of likely N-dealkylation sites (N-methyl/N-ethyl adjacent to an activating group) is 2. The van der Waals surface area contributed by atoms with Crippen molar-refractivity contribution in [2.24, 2.45) is 22.7 Å². The number of aromatic nitrogens is 2. The second-order valence-corrected chi connectivity index (χ2v) is 19.4. The van der Waals surface area contributed by atoms with Crippen LogP contribution >= 0.6 is 0 Å². The summed E-state index contributed by atoms with van der Waals surface area (Å²) in [6.07, 6.45) is -4.19. The number of ether oxygens (including phenoxy) is 8. The van der Waals surface area contributed by atoms with E-state index < -0.39 is 95.5 Å². The minimum atomic E-state index is -1.83. The molecule has 4 aliphatic rings. The van der Waals surface area contributed by atoms with Crippen molar-refractivity contribution in [3.05, 3.63) is 12.4 Å². The molecular weight excluding hydrogens is 833 g/mol. The van der Waals surface area contributed by atoms with E-state index in [0.717, 1.165) is 0 Å². The number of rotatable bonds is 11. The lowest BCUT2D eigenvalue weighted by Crippen LogP contribution is -2.70. The number of carbonyl (C=O) groups excluding carboxylic acids is 1. The zero-order valence-corrected chi connectivity index (χ0v) is 40.4. The van der Waals surface area contributed by atoms with Gasteiger partial charge in [-0.1, -0.05) is 27.7 Å². The fourth-order valence-corrected chi connectivity index (χ4v) is 10.1. The van der Waals surface area contributed by atoms with Crippen molar-refractivity contribution in [1.29, 1.82) is 0 Å². The number of hydrogen-bond acceptors (Lipinski definition) is 18. The first-order valence-corrected chi connectivity index (χ1v) is 23.0. The lowest BCUT2D eigenvalue weighted by molar-refractivity contribution is -0.335. The standard InChI is InChI=1S/C45H78N6O13/c1-15-32-44(11,55)36(52)28(7)47-20-24(3)18-42(9,54)37(64-39-35-31(17-25(4)59-39)51(12)41(63-35)50-30-21-48-40(57-13)49-22-30)26(5)34(27(6)38(53)61-32)62-33-19-43(10,58-14)45(56,23-46-16-2)29(8)60-33/h21-22,24-29,31-37,39,46-47,52,54-56H,15-20,23H2,1-14H3/t24-,25-,26+,27-,28-,29+,31+,32-,33+,34+,35-,36-,37-,39+,42-,43-,44-,45+/m1/s1. The van der Waals surface area contributed by atoms with Gasteiger partial charge in [-0.15, -0.1) is 0 Å². The molecule has 1 aromatic rings. The van der Waals surface area contributed by atoms with E-state index in [0.29, 0.717) is 31.2 Å². The lowest BCUT2D eigenvalue weighted by Gasteiger charge is -2.53. The fourth-order valence-electron chi connectivity index (χ4n) is 10.1. The largest absolute Gasteiger partial charge is 0.467 e. The van der Waals surface area contributed by atoms with Crippen LogP contribution in [0.2, 0.25) is 0 Å². The van der Waals surface area contributed by atoms with E-state index in [-0.39, 0.29) is 49.9 Å². The lowest BCUT2D eigenvalue weighted by atomic mass is 9.75. The molecule has 5 rings (SSSR count). The molecule has 19 nitrogen and oxygen atoms in total. The van der Waals surface area contributed by atoms with Crippen LogP contribution in [0, 0.1) is 17.8 Å². The van der Waals surface area contributed by atoms with Crippen LogP contribution in [0.5, 0.6) is 6.01 Å². The van der Waals surface area contributed by atoms with Gasteiger partial charge in [0.2, 0.25) is 0 Å². The first-order valence-electron chi connectivity index (χ1n) is 23.0. The Morgan fingerprint density at radius 2 is 1.66 bits per heavy atom. The average Bonchev–Trinajstić information content (AvgIpc) is 3.56. The molecule has 18 atom stereocenters. The highest BCUT2D eigenvalue weighted by Gasteiger charge is 2.59. The minimum Gasteiger partial charge on any atom is -0.467 e. The zero-order valence-electron chi connectivity index (χ0n) is 40.4. The molecule has 0 radical (unpaired) electrons. The predicted molar refractivity (Wildman–Crippen MR) is 236 cm³/mol. The number of esters is 1. The molecule has 0 aromatic carbocycles. The number of hydrogen-bond donors (Lipinski definition) is 6. The van der Waals surface area contributed by atoms with E-state index >= 15 is 0 Å². The van der Waals surface area contributed by atoms with Gasteiger partial charge < -0.3 is 73.9 Å². The van der Waals surface area contributed by atoms with Gasteiger partial charge in [0, 0.05) is 39.1 Å². The van der Waals surface area contributed by atoms with E-state index in [1.165, 1.54) is 33.5 Å². The van der Waals surface area contributed by atoms with Crippen molar-refractivity contribution in [2.45, 2.75) is 192 Å². The molecule has 6 N–H and O–H groups in total. The summed E-state index contributed by atoms with van der Waals surface area (Å²) < 4.78 is 50.8. The second kappa shape index (κ2) is 21.0. The third kappa shape index (κ3) is 11.0. The number of nitrogens with one attached hydrogen (secondary N) is 2. The summed E-state index contributed by atoms with van der Waals surface area (Å²) in [6.45, 7) is 20.8. The number of nitrogens with zero attached hydrogens (tertiary/aromatic N) is 4. The topological polar surface area (TPSA) is 237 Å². The quantitative estimate of drug-likeness (QED) is 0.175. The molecule has 1 aromatic heterocycles. The highest BCUT2D eigenvalue weighted by molar-refractivity contribution is 5.79. The molecule has 366 valence electrons. The molecule has 0 unspecified atom stereocenters. The zero-order chi connectivity index (χ0) is 47.5. The van der Waals surface area contributed by atoms with Crippen molar-refractivity contribution in [2.75, 3.05) is 40.9 Å². The molecule has 0 aliphatic carbocycles. The summed E-state index contributed by atoms with van der Waals surface area (Å²) in [4.78, 5) is 29.5. The van der Waals surface area contributed by atoms with E-state index in [1.807, 2.05) is 39.6 Å². The van der Waals surface area contributed by atoms with Gasteiger partial charge in [0.25, 0.3) is 6.02 Å². The van der Waals surface area contributed by atoms with Crippen LogP contribution in [0.4, 0.5) is 5.69 Å². The van der Waals surface area contributed by atoms with Crippen LogP contribution < -0.4 is 15.4 Å². The third-order valence-corrected chi connectivity index (χ3v) is 14.2. The summed E-state index contributed by atoms with van der Waals surface area (Å²) in [5.41, 5.74) is -5.58. The van der Waals surface area contributed by atoms with Gasteiger partial charge in [-0.3, -0.25) is 4.79 Å². The van der Waals surface area contributed by atoms with Gasteiger partial charge in [0.15, 0.2) is 18.7 Å². The Morgan fingerprint density at radius 1 is 0.984 bits per heavy atom. The summed E-state index contributed by atoms with van der Waals surface area (Å²) in [5, 5.41) is 54.7. The Kier molecular flexibility index (Phi) is 17.1. The summed E-state index contributed by atoms with van der Waals surface area (Å²) >= 11 is 0. The molecule has 0 spiro atoms. The first kappa shape index (κ1) is 52.2. The molecule has 0 amide bonds. The number of methoxy groups -OCH3 is 2. The van der Waals surface area contributed by atoms with E-state index in [1.54, 1.807) is 41.5 Å². The molecular formula is C45H78N6O13. The van der Waals surface area contributed by atoms with Crippen molar-refractivity contribution < 1.29 is 63.1 Å². The highest BCUT2D eigenvalue weighted by Crippen LogP contribution is 2.44.